The highest BCUT2D eigenvalue weighted by molar-refractivity contribution is 6.15. The summed E-state index contributed by atoms with van der Waals surface area (Å²) in [6.07, 6.45) is 9.72. The minimum Gasteiger partial charge on any atom is -0.265 e. The Morgan fingerprint density at radius 2 is 1.95 bits per heavy atom. The van der Waals surface area contributed by atoms with E-state index in [1.807, 2.05) is 60.8 Å². The number of fused-ring (bicyclic) bond motifs is 3. The Labute approximate surface area is 115 Å². The van der Waals surface area contributed by atoms with E-state index >= 15 is 0 Å². The van der Waals surface area contributed by atoms with Crippen molar-refractivity contribution in [3.63, 3.8) is 0 Å². The van der Waals surface area contributed by atoms with Crippen LogP contribution in [-0.2, 0) is 0 Å². The lowest BCUT2D eigenvalue weighted by Gasteiger charge is -2.18. The second-order valence-corrected chi connectivity index (χ2v) is 4.78. The van der Waals surface area contributed by atoms with Gasteiger partial charge in [0.25, 0.3) is 5.91 Å². The zero-order valence-electron chi connectivity index (χ0n) is 10.6. The summed E-state index contributed by atoms with van der Waals surface area (Å²) in [7, 11) is 0. The van der Waals surface area contributed by atoms with Crippen LogP contribution in [0.15, 0.2) is 65.8 Å². The first-order chi connectivity index (χ1) is 9.83. The number of benzene rings is 1. The van der Waals surface area contributed by atoms with Crippen LogP contribution in [0, 0.1) is 0 Å². The Kier molecular flexibility index (Phi) is 2.29. The highest BCUT2D eigenvalue weighted by Crippen LogP contribution is 2.30. The van der Waals surface area contributed by atoms with E-state index in [1.54, 1.807) is 4.68 Å². The molecule has 1 aromatic heterocycles. The van der Waals surface area contributed by atoms with Gasteiger partial charge in [-0.1, -0.05) is 36.4 Å². The molecular formula is C16H11N3O. The fraction of sp³-hybridized carbons (Fsp3) is 0.0625. The molecule has 0 saturated heterocycles. The Balaban J connectivity index is 1.86. The zero-order valence-corrected chi connectivity index (χ0v) is 10.6. The molecule has 1 aliphatic carbocycles. The number of aromatic nitrogens is 2. The van der Waals surface area contributed by atoms with Gasteiger partial charge >= 0.3 is 0 Å². The second kappa shape index (κ2) is 4.13. The first kappa shape index (κ1) is 11.1. The van der Waals surface area contributed by atoms with Gasteiger partial charge < -0.3 is 0 Å². The van der Waals surface area contributed by atoms with E-state index in [0.29, 0.717) is 5.69 Å². The third kappa shape index (κ3) is 1.58. The minimum atomic E-state index is -0.263. The average Bonchev–Trinajstić information content (AvgIpc) is 2.94. The van der Waals surface area contributed by atoms with Crippen LogP contribution in [0.1, 0.15) is 22.0 Å². The highest BCUT2D eigenvalue weighted by Gasteiger charge is 2.30. The van der Waals surface area contributed by atoms with E-state index in [4.69, 9.17) is 0 Å². The monoisotopic (exact) mass is 261 g/mol. The maximum atomic E-state index is 12.1. The standard InChI is InChI=1S/C16H11N3O/c20-16-15-13(12-8-4-5-9-14(12)17-16)10-19(18-15)11-6-2-1-3-7-11/h1-10,12H. The van der Waals surface area contributed by atoms with E-state index in [1.165, 1.54) is 0 Å². The number of nitrogens with zero attached hydrogens (tertiary/aromatic N) is 3. The number of hydrogen-bond acceptors (Lipinski definition) is 2. The summed E-state index contributed by atoms with van der Waals surface area (Å²) in [6.45, 7) is 0. The second-order valence-electron chi connectivity index (χ2n) is 4.78. The van der Waals surface area contributed by atoms with E-state index < -0.39 is 0 Å². The van der Waals surface area contributed by atoms with Crippen LogP contribution in [0.5, 0.6) is 0 Å². The molecule has 0 bridgehead atoms. The van der Waals surface area contributed by atoms with Crippen molar-refractivity contribution in [2.24, 2.45) is 4.99 Å². The lowest BCUT2D eigenvalue weighted by atomic mass is 9.89. The van der Waals surface area contributed by atoms with E-state index in [-0.39, 0.29) is 11.8 Å². The number of aliphatic imine (C=N–C) groups is 1. The smallest absolute Gasteiger partial charge is 0.265 e. The molecule has 4 nitrogen and oxygen atoms in total. The lowest BCUT2D eigenvalue weighted by Crippen LogP contribution is -2.20. The summed E-state index contributed by atoms with van der Waals surface area (Å²) in [4.78, 5) is 16.2. The van der Waals surface area contributed by atoms with Crippen molar-refractivity contribution in [2.75, 3.05) is 0 Å². The lowest BCUT2D eigenvalue weighted by molar-refractivity contribution is 0.0994. The molecule has 1 aromatic carbocycles. The number of amides is 1. The fourth-order valence-electron chi connectivity index (χ4n) is 2.57. The third-order valence-corrected chi connectivity index (χ3v) is 3.53. The number of carbonyl (C=O) groups is 1. The minimum absolute atomic E-state index is 0.0326. The number of rotatable bonds is 1. The van der Waals surface area contributed by atoms with Crippen molar-refractivity contribution in [3.05, 3.63) is 72.1 Å². The normalized spacial score (nSPS) is 19.5. The first-order valence-corrected chi connectivity index (χ1v) is 6.46. The quantitative estimate of drug-likeness (QED) is 0.792. The van der Waals surface area contributed by atoms with Gasteiger partial charge in [-0.05, 0) is 18.2 Å². The van der Waals surface area contributed by atoms with Crippen LogP contribution in [0.2, 0.25) is 0 Å². The number of hydrogen-bond donors (Lipinski definition) is 0. The van der Waals surface area contributed by atoms with Crippen molar-refractivity contribution >= 4 is 11.6 Å². The van der Waals surface area contributed by atoms with E-state index in [0.717, 1.165) is 17.0 Å². The highest BCUT2D eigenvalue weighted by atomic mass is 16.1. The first-order valence-electron chi connectivity index (χ1n) is 6.46. The van der Waals surface area contributed by atoms with Crippen molar-refractivity contribution < 1.29 is 4.79 Å². The molecule has 0 radical (unpaired) electrons. The zero-order chi connectivity index (χ0) is 13.5. The van der Waals surface area contributed by atoms with Gasteiger partial charge in [0.2, 0.25) is 0 Å². The molecule has 20 heavy (non-hydrogen) atoms. The molecule has 1 unspecified atom stereocenters. The van der Waals surface area contributed by atoms with Crippen LogP contribution in [0.3, 0.4) is 0 Å². The Morgan fingerprint density at radius 1 is 1.10 bits per heavy atom. The van der Waals surface area contributed by atoms with Crippen molar-refractivity contribution in [2.45, 2.75) is 5.92 Å². The van der Waals surface area contributed by atoms with Crippen molar-refractivity contribution in [1.29, 1.82) is 0 Å². The van der Waals surface area contributed by atoms with E-state index in [2.05, 4.69) is 10.1 Å². The van der Waals surface area contributed by atoms with Crippen LogP contribution in [-0.4, -0.2) is 21.4 Å². The third-order valence-electron chi connectivity index (χ3n) is 3.53. The summed E-state index contributed by atoms with van der Waals surface area (Å²) in [6, 6.07) is 9.77. The van der Waals surface area contributed by atoms with Gasteiger partial charge in [0.15, 0.2) is 5.69 Å². The molecular weight excluding hydrogens is 250 g/mol. The van der Waals surface area contributed by atoms with Crippen molar-refractivity contribution in [1.82, 2.24) is 9.78 Å². The molecule has 96 valence electrons. The van der Waals surface area contributed by atoms with Gasteiger partial charge in [-0.2, -0.15) is 5.10 Å². The van der Waals surface area contributed by atoms with Crippen LogP contribution < -0.4 is 0 Å². The van der Waals surface area contributed by atoms with Gasteiger partial charge in [0.1, 0.15) is 0 Å². The number of allylic oxidation sites excluding steroid dienone is 4. The molecule has 0 fully saturated rings. The molecule has 0 N–H and O–H groups in total. The molecule has 2 aromatic rings. The molecule has 4 rings (SSSR count). The number of carbonyl (C=O) groups excluding carboxylic acids is 1. The maximum absolute atomic E-state index is 12.1. The summed E-state index contributed by atoms with van der Waals surface area (Å²) in [5.74, 6) is -0.231. The van der Waals surface area contributed by atoms with Gasteiger partial charge in [0, 0.05) is 17.7 Å². The maximum Gasteiger partial charge on any atom is 0.298 e. The van der Waals surface area contributed by atoms with Crippen LogP contribution in [0.25, 0.3) is 5.69 Å². The molecule has 2 aliphatic rings. The predicted octanol–water partition coefficient (Wildman–Crippen LogP) is 2.68. The van der Waals surface area contributed by atoms with Crippen molar-refractivity contribution in [3.8, 4) is 5.69 Å². The summed E-state index contributed by atoms with van der Waals surface area (Å²) in [5, 5.41) is 4.40. The molecule has 2 heterocycles. The van der Waals surface area contributed by atoms with Gasteiger partial charge in [-0.15, -0.1) is 0 Å². The molecule has 1 amide bonds. The largest absolute Gasteiger partial charge is 0.298 e. The molecule has 0 spiro atoms. The Hall–Kier alpha value is -2.75. The van der Waals surface area contributed by atoms with Crippen LogP contribution >= 0.6 is 0 Å². The average molecular weight is 261 g/mol. The number of para-hydroxylation sites is 1. The van der Waals surface area contributed by atoms with Gasteiger partial charge in [-0.25, -0.2) is 9.67 Å². The summed E-state index contributed by atoms with van der Waals surface area (Å²) >= 11 is 0. The fourth-order valence-corrected chi connectivity index (χ4v) is 2.57. The topological polar surface area (TPSA) is 47.2 Å². The van der Waals surface area contributed by atoms with Gasteiger partial charge in [-0.3, -0.25) is 4.79 Å². The molecule has 1 aliphatic heterocycles. The summed E-state index contributed by atoms with van der Waals surface area (Å²) < 4.78 is 1.74. The molecule has 4 heteroatoms. The van der Waals surface area contributed by atoms with Gasteiger partial charge in [0.05, 0.1) is 11.4 Å². The van der Waals surface area contributed by atoms with E-state index in [9.17, 15) is 4.79 Å². The SMILES string of the molecule is O=C1N=C2C=CC=CC2c2cn(-c3ccccc3)nc21. The van der Waals surface area contributed by atoms with Crippen LogP contribution in [0.4, 0.5) is 0 Å². The predicted molar refractivity (Wildman–Crippen MR) is 76.4 cm³/mol. The Bertz CT molecular complexity index is 781. The summed E-state index contributed by atoms with van der Waals surface area (Å²) in [5.41, 5.74) is 3.09. The molecule has 0 saturated carbocycles. The Morgan fingerprint density at radius 3 is 2.80 bits per heavy atom. The molecule has 1 atom stereocenters.